The first kappa shape index (κ1) is 8.08. The number of fused-ring (bicyclic) bond motifs is 1. The lowest BCUT2D eigenvalue weighted by Gasteiger charge is -2.19. The lowest BCUT2D eigenvalue weighted by molar-refractivity contribution is 0.645. The molecule has 0 atom stereocenters. The number of rotatable bonds is 0. The molecule has 0 spiro atoms. The van der Waals surface area contributed by atoms with E-state index in [1.807, 2.05) is 6.07 Å². The van der Waals surface area contributed by atoms with Crippen LogP contribution in [-0.4, -0.2) is 6.54 Å². The number of nitrogens with two attached hydrogens (primary N) is 1. The van der Waals surface area contributed by atoms with Crippen molar-refractivity contribution in [3.8, 4) is 0 Å². The van der Waals surface area contributed by atoms with Gasteiger partial charge in [-0.25, -0.2) is 0 Å². The Morgan fingerprint density at radius 3 is 3.08 bits per heavy atom. The fraction of sp³-hybridized carbons (Fsp3) is 0.333. The van der Waals surface area contributed by atoms with Crippen LogP contribution in [0.1, 0.15) is 11.1 Å². The molecule has 1 aliphatic rings. The van der Waals surface area contributed by atoms with Crippen LogP contribution in [0.4, 0.5) is 5.69 Å². The Morgan fingerprint density at radius 2 is 2.25 bits per heavy atom. The third-order valence-corrected chi connectivity index (χ3v) is 2.97. The lowest BCUT2D eigenvalue weighted by atomic mass is 10.00. The van der Waals surface area contributed by atoms with E-state index < -0.39 is 0 Å². The summed E-state index contributed by atoms with van der Waals surface area (Å²) in [6, 6.07) is 4.18. The molecular weight excluding hydrogens is 216 g/mol. The topological polar surface area (TPSA) is 38.0 Å². The van der Waals surface area contributed by atoms with Crippen molar-refractivity contribution in [3.05, 3.63) is 27.7 Å². The quantitative estimate of drug-likeness (QED) is 0.661. The van der Waals surface area contributed by atoms with Gasteiger partial charge in [-0.3, -0.25) is 0 Å². The maximum Gasteiger partial charge on any atom is 0.0506 e. The fourth-order valence-electron chi connectivity index (χ4n) is 1.56. The summed E-state index contributed by atoms with van der Waals surface area (Å²) in [6.45, 7) is 1.97. The van der Waals surface area contributed by atoms with E-state index in [1.54, 1.807) is 0 Å². The van der Waals surface area contributed by atoms with Crippen molar-refractivity contribution in [1.29, 1.82) is 0 Å². The zero-order valence-electron chi connectivity index (χ0n) is 6.73. The average Bonchev–Trinajstić information content (AvgIpc) is 2.12. The van der Waals surface area contributed by atoms with Gasteiger partial charge in [-0.05, 0) is 46.1 Å². The van der Waals surface area contributed by atoms with E-state index in [-0.39, 0.29) is 0 Å². The van der Waals surface area contributed by atoms with Crippen LogP contribution in [-0.2, 0) is 13.0 Å². The molecule has 0 saturated carbocycles. The lowest BCUT2D eigenvalue weighted by Crippen LogP contribution is -2.24. The molecule has 12 heavy (non-hydrogen) atoms. The third kappa shape index (κ3) is 1.23. The number of halogens is 1. The number of hydrogen-bond acceptors (Lipinski definition) is 2. The molecule has 0 aromatic heterocycles. The summed E-state index contributed by atoms with van der Waals surface area (Å²) in [6.07, 6.45) is 1.09. The summed E-state index contributed by atoms with van der Waals surface area (Å²) in [5.74, 6) is 0. The van der Waals surface area contributed by atoms with Crippen LogP contribution in [0.25, 0.3) is 0 Å². The van der Waals surface area contributed by atoms with Gasteiger partial charge in [0.05, 0.1) is 5.69 Å². The molecular formula is C9H11BrN2. The van der Waals surface area contributed by atoms with Gasteiger partial charge in [0, 0.05) is 11.0 Å². The minimum absolute atomic E-state index is 0.889. The van der Waals surface area contributed by atoms with Gasteiger partial charge < -0.3 is 11.1 Å². The number of nitrogen functional groups attached to an aromatic ring is 1. The first-order chi connectivity index (χ1) is 5.79. The fourth-order valence-corrected chi connectivity index (χ4v) is 1.93. The molecule has 0 unspecified atom stereocenters. The highest BCUT2D eigenvalue weighted by Gasteiger charge is 2.12. The van der Waals surface area contributed by atoms with E-state index in [4.69, 9.17) is 5.73 Å². The highest BCUT2D eigenvalue weighted by Crippen LogP contribution is 2.27. The van der Waals surface area contributed by atoms with E-state index in [9.17, 15) is 0 Å². The maximum absolute atomic E-state index is 5.92. The standard InChI is InChI=1S/C9H11BrN2/c10-8-2-1-6-3-4-12-5-7(6)9(8)11/h1-2,12H,3-5,11H2. The van der Waals surface area contributed by atoms with Gasteiger partial charge in [-0.15, -0.1) is 0 Å². The summed E-state index contributed by atoms with van der Waals surface area (Å²) >= 11 is 3.42. The van der Waals surface area contributed by atoms with Crippen molar-refractivity contribution in [2.45, 2.75) is 13.0 Å². The Balaban J connectivity index is 2.54. The normalized spacial score (nSPS) is 15.8. The van der Waals surface area contributed by atoms with Crippen LogP contribution in [0.15, 0.2) is 16.6 Å². The van der Waals surface area contributed by atoms with Crippen LogP contribution in [0.2, 0.25) is 0 Å². The monoisotopic (exact) mass is 226 g/mol. The highest BCUT2D eigenvalue weighted by atomic mass is 79.9. The molecule has 0 fully saturated rings. The summed E-state index contributed by atoms with van der Waals surface area (Å²) < 4.78 is 1.00. The van der Waals surface area contributed by atoms with Crippen LogP contribution in [0, 0.1) is 0 Å². The molecule has 2 rings (SSSR count). The smallest absolute Gasteiger partial charge is 0.0506 e. The summed E-state index contributed by atoms with van der Waals surface area (Å²) in [7, 11) is 0. The van der Waals surface area contributed by atoms with Crippen LogP contribution in [0.3, 0.4) is 0 Å². The number of anilines is 1. The van der Waals surface area contributed by atoms with Gasteiger partial charge in [-0.1, -0.05) is 6.07 Å². The van der Waals surface area contributed by atoms with Crippen LogP contribution >= 0.6 is 15.9 Å². The second-order valence-electron chi connectivity index (χ2n) is 3.03. The maximum atomic E-state index is 5.92. The largest absolute Gasteiger partial charge is 0.398 e. The Bertz CT molecular complexity index is 310. The molecule has 0 aliphatic carbocycles. The van der Waals surface area contributed by atoms with Crippen molar-refractivity contribution in [2.24, 2.45) is 0 Å². The predicted octanol–water partition coefficient (Wildman–Crippen LogP) is 1.68. The second-order valence-corrected chi connectivity index (χ2v) is 3.88. The summed E-state index contributed by atoms with van der Waals surface area (Å²) in [5.41, 5.74) is 9.45. The van der Waals surface area contributed by atoms with E-state index in [1.165, 1.54) is 11.1 Å². The Kier molecular flexibility index (Phi) is 2.07. The molecule has 64 valence electrons. The van der Waals surface area contributed by atoms with E-state index >= 15 is 0 Å². The van der Waals surface area contributed by atoms with Crippen molar-refractivity contribution in [1.82, 2.24) is 5.32 Å². The van der Waals surface area contributed by atoms with Crippen molar-refractivity contribution < 1.29 is 0 Å². The van der Waals surface area contributed by atoms with Gasteiger partial charge in [0.15, 0.2) is 0 Å². The number of nitrogens with one attached hydrogen (secondary N) is 1. The zero-order chi connectivity index (χ0) is 8.55. The van der Waals surface area contributed by atoms with E-state index in [2.05, 4.69) is 27.3 Å². The highest BCUT2D eigenvalue weighted by molar-refractivity contribution is 9.10. The third-order valence-electron chi connectivity index (χ3n) is 2.27. The van der Waals surface area contributed by atoms with E-state index in [0.717, 1.165) is 29.7 Å². The second kappa shape index (κ2) is 3.07. The van der Waals surface area contributed by atoms with Crippen molar-refractivity contribution >= 4 is 21.6 Å². The molecule has 0 saturated heterocycles. The molecule has 3 heteroatoms. The molecule has 0 amide bonds. The minimum atomic E-state index is 0.889. The molecule has 0 radical (unpaired) electrons. The Hall–Kier alpha value is -0.540. The SMILES string of the molecule is Nc1c(Br)ccc2c1CNCC2. The first-order valence-corrected chi connectivity index (χ1v) is 4.85. The molecule has 1 heterocycles. The summed E-state index contributed by atoms with van der Waals surface area (Å²) in [5, 5.41) is 3.31. The van der Waals surface area contributed by atoms with Gasteiger partial charge >= 0.3 is 0 Å². The van der Waals surface area contributed by atoms with Crippen molar-refractivity contribution in [3.63, 3.8) is 0 Å². The molecule has 3 N–H and O–H groups in total. The van der Waals surface area contributed by atoms with Crippen LogP contribution < -0.4 is 11.1 Å². The Morgan fingerprint density at radius 1 is 1.42 bits per heavy atom. The molecule has 1 aromatic rings. The summed E-state index contributed by atoms with van der Waals surface area (Å²) in [4.78, 5) is 0. The zero-order valence-corrected chi connectivity index (χ0v) is 8.32. The molecule has 1 aliphatic heterocycles. The number of benzene rings is 1. The molecule has 2 nitrogen and oxygen atoms in total. The van der Waals surface area contributed by atoms with Gasteiger partial charge in [0.1, 0.15) is 0 Å². The predicted molar refractivity (Wildman–Crippen MR) is 54.0 cm³/mol. The average molecular weight is 227 g/mol. The first-order valence-electron chi connectivity index (χ1n) is 4.05. The van der Waals surface area contributed by atoms with Gasteiger partial charge in [-0.2, -0.15) is 0 Å². The Labute approximate surface area is 80.3 Å². The minimum Gasteiger partial charge on any atom is -0.398 e. The van der Waals surface area contributed by atoms with E-state index in [0.29, 0.717) is 0 Å². The van der Waals surface area contributed by atoms with Crippen molar-refractivity contribution in [2.75, 3.05) is 12.3 Å². The molecule has 1 aromatic carbocycles. The van der Waals surface area contributed by atoms with Crippen LogP contribution in [0.5, 0.6) is 0 Å². The van der Waals surface area contributed by atoms with Gasteiger partial charge in [0.2, 0.25) is 0 Å². The molecule has 0 bridgehead atoms. The van der Waals surface area contributed by atoms with Gasteiger partial charge in [0.25, 0.3) is 0 Å². The number of hydrogen-bond donors (Lipinski definition) is 2.